The standard InChI is InChI=1S/C30H46N2O8S/c1-29(2,3)40-27(34)23(21-39-19-18-38-4)20-30(16-8-9-17-30)28(35)31-24-14-12-22(13-15-24)26(33)32-41(36,37)25-10-6-5-7-11-25/h5-7,10-11,22-24H,8-9,12-21H2,1-4H3,(H,31,35)(H,32,33). The maximum absolute atomic E-state index is 13.7. The minimum absolute atomic E-state index is 0.0462. The number of amides is 2. The molecule has 2 aliphatic rings. The molecule has 11 heteroatoms. The highest BCUT2D eigenvalue weighted by Crippen LogP contribution is 2.44. The molecule has 0 aromatic heterocycles. The molecule has 2 amide bonds. The van der Waals surface area contributed by atoms with Crippen LogP contribution in [0.2, 0.25) is 0 Å². The molecule has 0 saturated heterocycles. The van der Waals surface area contributed by atoms with Gasteiger partial charge in [0.15, 0.2) is 0 Å². The van der Waals surface area contributed by atoms with E-state index in [1.807, 2.05) is 20.8 Å². The summed E-state index contributed by atoms with van der Waals surface area (Å²) in [7, 11) is -2.34. The fraction of sp³-hybridized carbons (Fsp3) is 0.700. The van der Waals surface area contributed by atoms with Gasteiger partial charge in [-0.25, -0.2) is 13.1 Å². The van der Waals surface area contributed by atoms with Gasteiger partial charge in [-0.3, -0.25) is 14.4 Å². The van der Waals surface area contributed by atoms with Crippen LogP contribution in [-0.4, -0.2) is 64.8 Å². The second kappa shape index (κ2) is 14.6. The number of ether oxygens (including phenoxy) is 3. The Morgan fingerprint density at radius 1 is 1.00 bits per heavy atom. The van der Waals surface area contributed by atoms with Crippen molar-refractivity contribution in [3.8, 4) is 0 Å². The zero-order valence-corrected chi connectivity index (χ0v) is 25.6. The van der Waals surface area contributed by atoms with Crippen LogP contribution in [0.1, 0.15) is 78.6 Å². The van der Waals surface area contributed by atoms with Gasteiger partial charge in [0.05, 0.1) is 36.0 Å². The predicted octanol–water partition coefficient (Wildman–Crippen LogP) is 3.74. The average Bonchev–Trinajstić information content (AvgIpc) is 3.40. The van der Waals surface area contributed by atoms with E-state index in [4.69, 9.17) is 14.2 Å². The average molecular weight is 595 g/mol. The van der Waals surface area contributed by atoms with Gasteiger partial charge >= 0.3 is 5.97 Å². The van der Waals surface area contributed by atoms with E-state index in [9.17, 15) is 22.8 Å². The van der Waals surface area contributed by atoms with E-state index >= 15 is 0 Å². The molecule has 0 bridgehead atoms. The van der Waals surface area contributed by atoms with E-state index in [0.29, 0.717) is 58.2 Å². The van der Waals surface area contributed by atoms with E-state index in [1.54, 1.807) is 25.3 Å². The maximum Gasteiger partial charge on any atom is 0.311 e. The molecule has 2 N–H and O–H groups in total. The number of esters is 1. The summed E-state index contributed by atoms with van der Waals surface area (Å²) in [5, 5.41) is 3.20. The molecule has 0 aliphatic heterocycles. The van der Waals surface area contributed by atoms with E-state index in [0.717, 1.165) is 12.8 Å². The molecule has 1 aromatic carbocycles. The first-order chi connectivity index (χ1) is 19.3. The molecule has 0 radical (unpaired) electrons. The summed E-state index contributed by atoms with van der Waals surface area (Å²) in [5.74, 6) is -1.98. The topological polar surface area (TPSA) is 137 Å². The van der Waals surface area contributed by atoms with Crippen LogP contribution in [-0.2, 0) is 38.6 Å². The molecule has 0 spiro atoms. The SMILES string of the molecule is COCCOCC(CC1(C(=O)NC2CCC(C(=O)NS(=O)(=O)c3ccccc3)CC2)CCCC1)C(=O)OC(C)(C)C. The van der Waals surface area contributed by atoms with Crippen molar-refractivity contribution in [3.05, 3.63) is 30.3 Å². The minimum atomic E-state index is -3.93. The Morgan fingerprint density at radius 2 is 1.63 bits per heavy atom. The first kappa shape index (κ1) is 33.0. The molecule has 3 rings (SSSR count). The first-order valence-electron chi connectivity index (χ1n) is 14.6. The fourth-order valence-corrected chi connectivity index (χ4v) is 6.79. The van der Waals surface area contributed by atoms with Crippen molar-refractivity contribution in [1.82, 2.24) is 10.0 Å². The first-order valence-corrected chi connectivity index (χ1v) is 16.1. The Bertz CT molecular complexity index is 1120. The number of sulfonamides is 1. The largest absolute Gasteiger partial charge is 0.460 e. The van der Waals surface area contributed by atoms with Crippen molar-refractivity contribution in [2.24, 2.45) is 17.3 Å². The van der Waals surface area contributed by atoms with Crippen LogP contribution in [0.4, 0.5) is 0 Å². The predicted molar refractivity (Wildman–Crippen MR) is 153 cm³/mol. The van der Waals surface area contributed by atoms with Crippen LogP contribution in [0.15, 0.2) is 35.2 Å². The van der Waals surface area contributed by atoms with Crippen LogP contribution in [0, 0.1) is 17.3 Å². The maximum atomic E-state index is 13.7. The van der Waals surface area contributed by atoms with Crippen LogP contribution in [0.25, 0.3) is 0 Å². The van der Waals surface area contributed by atoms with Gasteiger partial charge in [0.2, 0.25) is 11.8 Å². The zero-order chi connectivity index (χ0) is 30.1. The number of rotatable bonds is 13. The number of carbonyl (C=O) groups excluding carboxylic acids is 3. The normalized spacial score (nSPS) is 21.6. The third-order valence-corrected chi connectivity index (χ3v) is 9.25. The summed E-state index contributed by atoms with van der Waals surface area (Å²) in [6.07, 6.45) is 5.61. The molecule has 230 valence electrons. The third-order valence-electron chi connectivity index (χ3n) is 7.89. The molecular formula is C30H46N2O8S. The van der Waals surface area contributed by atoms with Gasteiger partial charge in [0, 0.05) is 19.1 Å². The number of benzene rings is 1. The summed E-state index contributed by atoms with van der Waals surface area (Å²) >= 11 is 0. The van der Waals surface area contributed by atoms with Crippen molar-refractivity contribution >= 4 is 27.8 Å². The minimum Gasteiger partial charge on any atom is -0.460 e. The molecule has 1 unspecified atom stereocenters. The van der Waals surface area contributed by atoms with Gasteiger partial charge in [0.1, 0.15) is 5.60 Å². The van der Waals surface area contributed by atoms with Gasteiger partial charge in [-0.1, -0.05) is 31.0 Å². The molecule has 41 heavy (non-hydrogen) atoms. The van der Waals surface area contributed by atoms with Crippen molar-refractivity contribution in [2.75, 3.05) is 26.9 Å². The molecule has 1 atom stereocenters. The molecule has 1 aromatic rings. The fourth-order valence-electron chi connectivity index (χ4n) is 5.72. The lowest BCUT2D eigenvalue weighted by Gasteiger charge is -2.35. The van der Waals surface area contributed by atoms with Crippen molar-refractivity contribution in [2.45, 2.75) is 95.1 Å². The van der Waals surface area contributed by atoms with Crippen LogP contribution in [0.3, 0.4) is 0 Å². The molecule has 10 nitrogen and oxygen atoms in total. The van der Waals surface area contributed by atoms with E-state index in [1.165, 1.54) is 12.1 Å². The smallest absolute Gasteiger partial charge is 0.311 e. The molecule has 0 heterocycles. The van der Waals surface area contributed by atoms with Gasteiger partial charge in [-0.05, 0) is 77.8 Å². The Kier molecular flexibility index (Phi) is 11.8. The molecule has 2 saturated carbocycles. The van der Waals surface area contributed by atoms with Gasteiger partial charge in [-0.15, -0.1) is 0 Å². The highest BCUT2D eigenvalue weighted by molar-refractivity contribution is 7.90. The lowest BCUT2D eigenvalue weighted by Crippen LogP contribution is -2.48. The summed E-state index contributed by atoms with van der Waals surface area (Å²) in [4.78, 5) is 39.6. The Morgan fingerprint density at radius 3 is 2.22 bits per heavy atom. The second-order valence-corrected chi connectivity index (χ2v) is 14.0. The van der Waals surface area contributed by atoms with Gasteiger partial charge < -0.3 is 19.5 Å². The Balaban J connectivity index is 1.59. The lowest BCUT2D eigenvalue weighted by molar-refractivity contribution is -0.164. The van der Waals surface area contributed by atoms with E-state index in [-0.39, 0.29) is 29.4 Å². The van der Waals surface area contributed by atoms with Gasteiger partial charge in [-0.2, -0.15) is 0 Å². The van der Waals surface area contributed by atoms with Crippen molar-refractivity contribution < 1.29 is 37.0 Å². The summed E-state index contributed by atoms with van der Waals surface area (Å²) in [6, 6.07) is 7.69. The number of hydrogen-bond acceptors (Lipinski definition) is 8. The zero-order valence-electron chi connectivity index (χ0n) is 24.8. The summed E-state index contributed by atoms with van der Waals surface area (Å²) in [6.45, 7) is 6.36. The number of hydrogen-bond donors (Lipinski definition) is 2. The molecular weight excluding hydrogens is 548 g/mol. The highest BCUT2D eigenvalue weighted by atomic mass is 32.2. The monoisotopic (exact) mass is 594 g/mol. The molecule has 2 aliphatic carbocycles. The van der Waals surface area contributed by atoms with Crippen LogP contribution >= 0.6 is 0 Å². The van der Waals surface area contributed by atoms with Gasteiger partial charge in [0.25, 0.3) is 10.0 Å². The summed E-state index contributed by atoms with van der Waals surface area (Å²) < 4.78 is 43.7. The van der Waals surface area contributed by atoms with Crippen LogP contribution in [0.5, 0.6) is 0 Å². The second-order valence-electron chi connectivity index (χ2n) is 12.3. The van der Waals surface area contributed by atoms with Crippen LogP contribution < -0.4 is 10.0 Å². The number of carbonyl (C=O) groups is 3. The molecule has 2 fully saturated rings. The number of methoxy groups -OCH3 is 1. The highest BCUT2D eigenvalue weighted by Gasteiger charge is 2.45. The quantitative estimate of drug-likeness (QED) is 0.260. The van der Waals surface area contributed by atoms with E-state index < -0.39 is 38.8 Å². The third kappa shape index (κ3) is 9.78. The Labute approximate surface area is 244 Å². The lowest BCUT2D eigenvalue weighted by atomic mass is 9.76. The number of nitrogens with one attached hydrogen (secondary N) is 2. The van der Waals surface area contributed by atoms with E-state index in [2.05, 4.69) is 10.0 Å². The Hall–Kier alpha value is -2.50. The van der Waals surface area contributed by atoms with Crippen molar-refractivity contribution in [3.63, 3.8) is 0 Å². The van der Waals surface area contributed by atoms with Crippen molar-refractivity contribution in [1.29, 1.82) is 0 Å². The summed E-state index contributed by atoms with van der Waals surface area (Å²) in [5.41, 5.74) is -1.34.